The van der Waals surface area contributed by atoms with Gasteiger partial charge in [-0.1, -0.05) is 30.3 Å². The number of hydrogen-bond donors (Lipinski definition) is 2. The molecule has 0 bridgehead atoms. The van der Waals surface area contributed by atoms with E-state index in [0.717, 1.165) is 5.56 Å². The predicted molar refractivity (Wildman–Crippen MR) is 98.3 cm³/mol. The molecule has 0 spiro atoms. The minimum atomic E-state index is -0.555. The molecule has 0 unspecified atom stereocenters. The standard InChI is InChI=1S/C15H10BrN5O3S/c16-12-7-11(21(23)24)6-10(13(12)22)8-17-20-14(18-19-15(20)25)9-4-2-1-3-5-9/h1-8,22H,(H,19,25)/b17-8+. The highest BCUT2D eigenvalue weighted by Gasteiger charge is 2.14. The van der Waals surface area contributed by atoms with Crippen molar-refractivity contribution in [3.63, 3.8) is 0 Å². The van der Waals surface area contributed by atoms with Gasteiger partial charge >= 0.3 is 0 Å². The molecule has 0 amide bonds. The highest BCUT2D eigenvalue weighted by atomic mass is 79.9. The average molecular weight is 420 g/mol. The van der Waals surface area contributed by atoms with Crippen molar-refractivity contribution in [3.05, 3.63) is 67.4 Å². The molecule has 1 heterocycles. The molecule has 1 aromatic heterocycles. The number of hydrogen-bond acceptors (Lipinski definition) is 6. The predicted octanol–water partition coefficient (Wildman–Crippen LogP) is 3.87. The molecule has 25 heavy (non-hydrogen) atoms. The summed E-state index contributed by atoms with van der Waals surface area (Å²) in [5.74, 6) is 0.316. The largest absolute Gasteiger partial charge is 0.506 e. The molecule has 0 atom stereocenters. The number of nitro benzene ring substituents is 1. The molecule has 10 heteroatoms. The summed E-state index contributed by atoms with van der Waals surface area (Å²) in [5.41, 5.74) is 0.782. The van der Waals surface area contributed by atoms with Crippen LogP contribution in [0.5, 0.6) is 5.75 Å². The van der Waals surface area contributed by atoms with Gasteiger partial charge in [0, 0.05) is 23.3 Å². The number of phenolic OH excluding ortho intramolecular Hbond substituents is 1. The maximum absolute atomic E-state index is 11.0. The number of rotatable bonds is 4. The van der Waals surface area contributed by atoms with Crippen LogP contribution in [0, 0.1) is 14.9 Å². The van der Waals surface area contributed by atoms with Gasteiger partial charge in [-0.2, -0.15) is 14.9 Å². The van der Waals surface area contributed by atoms with Crippen LogP contribution in [0.25, 0.3) is 11.4 Å². The van der Waals surface area contributed by atoms with Crippen LogP contribution in [-0.4, -0.2) is 31.1 Å². The molecule has 0 saturated carbocycles. The van der Waals surface area contributed by atoms with Crippen LogP contribution >= 0.6 is 28.1 Å². The number of aromatic nitrogens is 3. The molecular weight excluding hydrogens is 410 g/mol. The lowest BCUT2D eigenvalue weighted by Crippen LogP contribution is -1.96. The quantitative estimate of drug-likeness (QED) is 0.288. The van der Waals surface area contributed by atoms with Gasteiger partial charge in [0.1, 0.15) is 5.75 Å². The number of halogens is 1. The third-order valence-electron chi connectivity index (χ3n) is 3.28. The summed E-state index contributed by atoms with van der Waals surface area (Å²) in [5, 5.41) is 32.0. The number of aromatic amines is 1. The van der Waals surface area contributed by atoms with Crippen LogP contribution in [0.1, 0.15) is 5.56 Å². The van der Waals surface area contributed by atoms with Crippen molar-refractivity contribution >= 4 is 40.0 Å². The Balaban J connectivity index is 2.06. The van der Waals surface area contributed by atoms with Gasteiger partial charge in [-0.05, 0) is 28.1 Å². The molecule has 0 aliphatic heterocycles. The van der Waals surface area contributed by atoms with Gasteiger partial charge < -0.3 is 5.11 Å². The molecular formula is C15H10BrN5O3S. The van der Waals surface area contributed by atoms with Crippen molar-refractivity contribution in [2.45, 2.75) is 0 Å². The van der Waals surface area contributed by atoms with E-state index >= 15 is 0 Å². The molecule has 0 radical (unpaired) electrons. The summed E-state index contributed by atoms with van der Waals surface area (Å²) >= 11 is 8.25. The van der Waals surface area contributed by atoms with Gasteiger partial charge in [0.15, 0.2) is 5.82 Å². The van der Waals surface area contributed by atoms with Gasteiger partial charge in [-0.3, -0.25) is 10.1 Å². The number of benzene rings is 2. The summed E-state index contributed by atoms with van der Waals surface area (Å²) in [7, 11) is 0. The molecule has 0 aliphatic carbocycles. The Hall–Kier alpha value is -2.85. The van der Waals surface area contributed by atoms with Gasteiger partial charge in [0.2, 0.25) is 4.77 Å². The summed E-state index contributed by atoms with van der Waals surface area (Å²) in [6.07, 6.45) is 1.28. The summed E-state index contributed by atoms with van der Waals surface area (Å²) in [4.78, 5) is 10.4. The fourth-order valence-electron chi connectivity index (χ4n) is 2.10. The lowest BCUT2D eigenvalue weighted by molar-refractivity contribution is -0.385. The molecule has 3 aromatic rings. The minimum Gasteiger partial charge on any atom is -0.506 e. The SMILES string of the molecule is O=[N+]([O-])c1cc(Br)c(O)c(/C=N/n2c(-c3ccccc3)n[nH]c2=S)c1. The van der Waals surface area contributed by atoms with Crippen molar-refractivity contribution in [1.29, 1.82) is 0 Å². The minimum absolute atomic E-state index is 0.161. The van der Waals surface area contributed by atoms with Crippen LogP contribution in [0.15, 0.2) is 52.0 Å². The first-order valence-electron chi connectivity index (χ1n) is 6.91. The van der Waals surface area contributed by atoms with E-state index in [2.05, 4.69) is 31.2 Å². The van der Waals surface area contributed by atoms with Crippen LogP contribution in [0.2, 0.25) is 0 Å². The maximum Gasteiger partial charge on any atom is 0.271 e. The van der Waals surface area contributed by atoms with Crippen molar-refractivity contribution < 1.29 is 10.0 Å². The Morgan fingerprint density at radius 3 is 2.76 bits per heavy atom. The Morgan fingerprint density at radius 2 is 2.08 bits per heavy atom. The molecule has 2 aromatic carbocycles. The van der Waals surface area contributed by atoms with Crippen molar-refractivity contribution in [3.8, 4) is 17.1 Å². The second-order valence-electron chi connectivity index (χ2n) is 4.90. The van der Waals surface area contributed by atoms with Crippen LogP contribution in [0.3, 0.4) is 0 Å². The fourth-order valence-corrected chi connectivity index (χ4v) is 2.74. The van der Waals surface area contributed by atoms with Crippen LogP contribution < -0.4 is 0 Å². The molecule has 3 rings (SSSR count). The number of nitro groups is 1. The number of non-ortho nitro benzene ring substituents is 1. The van der Waals surface area contributed by atoms with Crippen LogP contribution in [-0.2, 0) is 0 Å². The smallest absolute Gasteiger partial charge is 0.271 e. The molecule has 8 nitrogen and oxygen atoms in total. The van der Waals surface area contributed by atoms with Crippen LogP contribution in [0.4, 0.5) is 5.69 Å². The number of aromatic hydroxyl groups is 1. The van der Waals surface area contributed by atoms with E-state index in [1.165, 1.54) is 23.0 Å². The number of H-pyrrole nitrogens is 1. The Kier molecular flexibility index (Phi) is 4.72. The Morgan fingerprint density at radius 1 is 1.36 bits per heavy atom. The first-order valence-corrected chi connectivity index (χ1v) is 8.11. The van der Waals surface area contributed by atoms with Crippen molar-refractivity contribution in [2.75, 3.05) is 0 Å². The molecule has 0 saturated heterocycles. The lowest BCUT2D eigenvalue weighted by Gasteiger charge is -2.03. The average Bonchev–Trinajstić information content (AvgIpc) is 2.97. The molecule has 126 valence electrons. The van der Waals surface area contributed by atoms with Gasteiger partial charge in [0.05, 0.1) is 15.6 Å². The Labute approximate surface area is 154 Å². The van der Waals surface area contributed by atoms with E-state index < -0.39 is 4.92 Å². The maximum atomic E-state index is 11.0. The summed E-state index contributed by atoms with van der Waals surface area (Å²) in [6.45, 7) is 0. The first-order chi connectivity index (χ1) is 12.0. The molecule has 0 aliphatic rings. The zero-order valence-corrected chi connectivity index (χ0v) is 14.9. The van der Waals surface area contributed by atoms with Crippen molar-refractivity contribution in [1.82, 2.24) is 14.9 Å². The number of phenols is 1. The molecule has 2 N–H and O–H groups in total. The fraction of sp³-hybridized carbons (Fsp3) is 0. The normalized spacial score (nSPS) is 11.1. The third-order valence-corrected chi connectivity index (χ3v) is 4.15. The highest BCUT2D eigenvalue weighted by molar-refractivity contribution is 9.10. The van der Waals surface area contributed by atoms with E-state index in [0.29, 0.717) is 5.82 Å². The zero-order valence-electron chi connectivity index (χ0n) is 12.5. The van der Waals surface area contributed by atoms with E-state index in [-0.39, 0.29) is 26.2 Å². The van der Waals surface area contributed by atoms with E-state index in [9.17, 15) is 15.2 Å². The third kappa shape index (κ3) is 3.49. The zero-order chi connectivity index (χ0) is 18.0. The second-order valence-corrected chi connectivity index (χ2v) is 6.14. The lowest BCUT2D eigenvalue weighted by atomic mass is 10.2. The topological polar surface area (TPSA) is 109 Å². The summed E-state index contributed by atoms with van der Waals surface area (Å²) < 4.78 is 1.82. The van der Waals surface area contributed by atoms with E-state index in [4.69, 9.17) is 12.2 Å². The Bertz CT molecular complexity index is 1030. The monoisotopic (exact) mass is 419 g/mol. The second kappa shape index (κ2) is 6.95. The van der Waals surface area contributed by atoms with Gasteiger partial charge in [0.25, 0.3) is 5.69 Å². The van der Waals surface area contributed by atoms with Gasteiger partial charge in [-0.25, -0.2) is 5.10 Å². The number of nitrogens with one attached hydrogen (secondary N) is 1. The van der Waals surface area contributed by atoms with E-state index in [1.807, 2.05) is 30.3 Å². The van der Waals surface area contributed by atoms with E-state index in [1.54, 1.807) is 0 Å². The van der Waals surface area contributed by atoms with Crippen molar-refractivity contribution in [2.24, 2.45) is 5.10 Å². The summed E-state index contributed by atoms with van der Waals surface area (Å²) in [6, 6.07) is 11.7. The number of nitrogens with zero attached hydrogens (tertiary/aromatic N) is 4. The van der Waals surface area contributed by atoms with Gasteiger partial charge in [-0.15, -0.1) is 0 Å². The molecule has 0 fully saturated rings. The highest BCUT2D eigenvalue weighted by Crippen LogP contribution is 2.31. The first kappa shape index (κ1) is 17.0.